The monoisotopic (exact) mass is 388 g/mol. The van der Waals surface area contributed by atoms with E-state index in [1.165, 1.54) is 25.2 Å². The lowest BCUT2D eigenvalue weighted by Gasteiger charge is -2.30. The molecule has 0 unspecified atom stereocenters. The molecule has 2 heterocycles. The van der Waals surface area contributed by atoms with Crippen LogP contribution in [0.4, 0.5) is 5.13 Å². The number of hydrogen-bond acceptors (Lipinski definition) is 6. The van der Waals surface area contributed by atoms with Crippen molar-refractivity contribution in [2.45, 2.75) is 69.8 Å². The first-order valence-electron chi connectivity index (χ1n) is 8.48. The predicted octanol–water partition coefficient (Wildman–Crippen LogP) is 3.06. The normalized spacial score (nSPS) is 17.5. The SMILES string of the molecule is Cc1nc(NC(=O)C(C)(C)S(=O)(=O)C2CCOCC2)sc1C(C)(C)C. The van der Waals surface area contributed by atoms with Crippen LogP contribution in [0.3, 0.4) is 0 Å². The molecule has 1 aliphatic heterocycles. The molecule has 1 aliphatic rings. The minimum atomic E-state index is -3.63. The minimum absolute atomic E-state index is 0.0750. The number of thiazole rings is 1. The van der Waals surface area contributed by atoms with Gasteiger partial charge in [0.05, 0.1) is 10.9 Å². The second-order valence-corrected chi connectivity index (χ2v) is 11.8. The Morgan fingerprint density at radius 1 is 1.20 bits per heavy atom. The van der Waals surface area contributed by atoms with Crippen LogP contribution in [0.15, 0.2) is 0 Å². The van der Waals surface area contributed by atoms with Gasteiger partial charge in [0, 0.05) is 18.1 Å². The van der Waals surface area contributed by atoms with Crippen LogP contribution in [0.2, 0.25) is 0 Å². The van der Waals surface area contributed by atoms with Gasteiger partial charge in [-0.25, -0.2) is 13.4 Å². The van der Waals surface area contributed by atoms with E-state index in [9.17, 15) is 13.2 Å². The van der Waals surface area contributed by atoms with Gasteiger partial charge in [-0.05, 0) is 39.0 Å². The van der Waals surface area contributed by atoms with Crippen molar-refractivity contribution in [3.05, 3.63) is 10.6 Å². The fraction of sp³-hybridized carbons (Fsp3) is 0.765. The zero-order valence-electron chi connectivity index (χ0n) is 15.8. The standard InChI is InChI=1S/C17H28N2O4S2/c1-11-13(16(2,3)4)24-15(18-11)19-14(20)17(5,6)25(21,22)12-7-9-23-10-8-12/h12H,7-10H2,1-6H3,(H,18,19,20). The molecular formula is C17H28N2O4S2. The van der Waals surface area contributed by atoms with Crippen LogP contribution in [0.25, 0.3) is 0 Å². The zero-order chi connectivity index (χ0) is 19.0. The van der Waals surface area contributed by atoms with Gasteiger partial charge in [0.15, 0.2) is 15.0 Å². The number of aromatic nitrogens is 1. The molecule has 0 bridgehead atoms. The van der Waals surface area contributed by atoms with E-state index in [0.717, 1.165) is 10.6 Å². The highest BCUT2D eigenvalue weighted by Gasteiger charge is 2.46. The molecule has 1 aromatic heterocycles. The molecule has 25 heavy (non-hydrogen) atoms. The second-order valence-electron chi connectivity index (χ2n) is 8.00. The summed E-state index contributed by atoms with van der Waals surface area (Å²) in [6.07, 6.45) is 0.868. The molecule has 0 saturated carbocycles. The van der Waals surface area contributed by atoms with Crippen molar-refractivity contribution in [1.29, 1.82) is 0 Å². The number of hydrogen-bond donors (Lipinski definition) is 1. The van der Waals surface area contributed by atoms with E-state index < -0.39 is 25.7 Å². The third-order valence-corrected chi connectivity index (χ3v) is 9.02. The number of rotatable bonds is 4. The highest BCUT2D eigenvalue weighted by atomic mass is 32.2. The lowest BCUT2D eigenvalue weighted by Crippen LogP contribution is -2.50. The molecule has 0 spiro atoms. The van der Waals surface area contributed by atoms with Gasteiger partial charge in [0.2, 0.25) is 5.91 Å². The molecule has 8 heteroatoms. The molecule has 142 valence electrons. The molecule has 1 saturated heterocycles. The van der Waals surface area contributed by atoms with E-state index in [2.05, 4.69) is 31.1 Å². The first-order chi connectivity index (χ1) is 11.4. The largest absolute Gasteiger partial charge is 0.381 e. The van der Waals surface area contributed by atoms with Crippen molar-refractivity contribution < 1.29 is 17.9 Å². The number of anilines is 1. The van der Waals surface area contributed by atoms with Crippen LogP contribution in [-0.2, 0) is 24.8 Å². The Bertz CT molecular complexity index is 739. The highest BCUT2D eigenvalue weighted by molar-refractivity contribution is 7.94. The summed E-state index contributed by atoms with van der Waals surface area (Å²) in [5, 5.41) is 2.63. The van der Waals surface area contributed by atoms with Crippen molar-refractivity contribution in [3.8, 4) is 0 Å². The quantitative estimate of drug-likeness (QED) is 0.857. The van der Waals surface area contributed by atoms with Crippen LogP contribution >= 0.6 is 11.3 Å². The number of ether oxygens (including phenoxy) is 1. The fourth-order valence-electron chi connectivity index (χ4n) is 2.93. The third-order valence-electron chi connectivity index (χ3n) is 4.56. The number of nitrogens with one attached hydrogen (secondary N) is 1. The van der Waals surface area contributed by atoms with Crippen LogP contribution in [-0.4, -0.2) is 42.5 Å². The summed E-state index contributed by atoms with van der Waals surface area (Å²) in [5.41, 5.74) is 0.784. The smallest absolute Gasteiger partial charge is 0.247 e. The molecule has 6 nitrogen and oxygen atoms in total. The lowest BCUT2D eigenvalue weighted by atomic mass is 9.94. The van der Waals surface area contributed by atoms with Gasteiger partial charge in [0.1, 0.15) is 4.75 Å². The van der Waals surface area contributed by atoms with Gasteiger partial charge in [-0.3, -0.25) is 4.79 Å². The summed E-state index contributed by atoms with van der Waals surface area (Å²) in [6, 6.07) is 0. The first kappa shape index (κ1) is 20.3. The summed E-state index contributed by atoms with van der Waals surface area (Å²) in [7, 11) is -3.63. The molecule has 1 aromatic rings. The Morgan fingerprint density at radius 3 is 2.24 bits per heavy atom. The first-order valence-corrected chi connectivity index (χ1v) is 10.8. The number of aryl methyl sites for hydroxylation is 1. The summed E-state index contributed by atoms with van der Waals surface area (Å²) in [5.74, 6) is -0.534. The molecule has 2 rings (SSSR count). The average molecular weight is 389 g/mol. The van der Waals surface area contributed by atoms with Gasteiger partial charge in [0.25, 0.3) is 0 Å². The fourth-order valence-corrected chi connectivity index (χ4v) is 5.90. The van der Waals surface area contributed by atoms with Gasteiger partial charge >= 0.3 is 0 Å². The Hall–Kier alpha value is -0.990. The van der Waals surface area contributed by atoms with E-state index >= 15 is 0 Å². The molecule has 0 aliphatic carbocycles. The maximum Gasteiger partial charge on any atom is 0.247 e. The van der Waals surface area contributed by atoms with E-state index in [-0.39, 0.29) is 5.41 Å². The number of carbonyl (C=O) groups is 1. The maximum atomic E-state index is 12.9. The van der Waals surface area contributed by atoms with Crippen molar-refractivity contribution in [2.75, 3.05) is 18.5 Å². The Kier molecular flexibility index (Phi) is 5.66. The van der Waals surface area contributed by atoms with E-state index in [1.54, 1.807) is 0 Å². The Balaban J connectivity index is 2.21. The summed E-state index contributed by atoms with van der Waals surface area (Å²) in [6.45, 7) is 11.9. The van der Waals surface area contributed by atoms with Gasteiger partial charge in [-0.15, -0.1) is 11.3 Å². The number of amides is 1. The van der Waals surface area contributed by atoms with Crippen molar-refractivity contribution >= 4 is 32.2 Å². The molecule has 1 N–H and O–H groups in total. The third kappa shape index (κ3) is 4.06. The average Bonchev–Trinajstić information content (AvgIpc) is 2.88. The molecule has 0 atom stereocenters. The minimum Gasteiger partial charge on any atom is -0.381 e. The Labute approximate surface area is 154 Å². The van der Waals surface area contributed by atoms with Crippen LogP contribution < -0.4 is 5.32 Å². The highest BCUT2D eigenvalue weighted by Crippen LogP contribution is 2.35. The number of carbonyl (C=O) groups excluding carboxylic acids is 1. The Morgan fingerprint density at radius 2 is 1.76 bits per heavy atom. The zero-order valence-corrected chi connectivity index (χ0v) is 17.4. The number of nitrogens with zero attached hydrogens (tertiary/aromatic N) is 1. The predicted molar refractivity (Wildman–Crippen MR) is 101 cm³/mol. The van der Waals surface area contributed by atoms with E-state index in [0.29, 0.717) is 31.2 Å². The summed E-state index contributed by atoms with van der Waals surface area (Å²) < 4.78 is 29.6. The molecular weight excluding hydrogens is 360 g/mol. The second kappa shape index (κ2) is 6.96. The molecule has 0 aromatic carbocycles. The summed E-state index contributed by atoms with van der Waals surface area (Å²) >= 11 is 1.40. The summed E-state index contributed by atoms with van der Waals surface area (Å²) in [4.78, 5) is 18.2. The number of sulfone groups is 1. The maximum absolute atomic E-state index is 12.9. The van der Waals surface area contributed by atoms with E-state index in [1.807, 2.05) is 6.92 Å². The van der Waals surface area contributed by atoms with Gasteiger partial charge in [-0.2, -0.15) is 0 Å². The van der Waals surface area contributed by atoms with Crippen LogP contribution in [0.5, 0.6) is 0 Å². The van der Waals surface area contributed by atoms with Crippen molar-refractivity contribution in [3.63, 3.8) is 0 Å². The van der Waals surface area contributed by atoms with Crippen molar-refractivity contribution in [1.82, 2.24) is 4.98 Å². The molecule has 1 fully saturated rings. The lowest BCUT2D eigenvalue weighted by molar-refractivity contribution is -0.117. The van der Waals surface area contributed by atoms with E-state index in [4.69, 9.17) is 4.74 Å². The molecule has 0 radical (unpaired) electrons. The van der Waals surface area contributed by atoms with Gasteiger partial charge in [-0.1, -0.05) is 20.8 Å². The van der Waals surface area contributed by atoms with Crippen LogP contribution in [0.1, 0.15) is 58.0 Å². The van der Waals surface area contributed by atoms with Crippen LogP contribution in [0, 0.1) is 6.92 Å². The topological polar surface area (TPSA) is 85.4 Å². The van der Waals surface area contributed by atoms with Gasteiger partial charge < -0.3 is 10.1 Å². The molecule has 1 amide bonds. The van der Waals surface area contributed by atoms with Crippen molar-refractivity contribution in [2.24, 2.45) is 0 Å².